The highest BCUT2D eigenvalue weighted by molar-refractivity contribution is 6.08. The Morgan fingerprint density at radius 3 is 2.24 bits per heavy atom. The molecule has 34 heavy (non-hydrogen) atoms. The van der Waals surface area contributed by atoms with E-state index in [-0.39, 0.29) is 23.6 Å². The van der Waals surface area contributed by atoms with Crippen LogP contribution in [0.4, 0.5) is 11.4 Å². The van der Waals surface area contributed by atoms with Gasteiger partial charge in [-0.2, -0.15) is 0 Å². The predicted molar refractivity (Wildman–Crippen MR) is 131 cm³/mol. The average molecular weight is 460 g/mol. The van der Waals surface area contributed by atoms with Crippen LogP contribution in [-0.2, 0) is 9.59 Å². The molecule has 0 radical (unpaired) electrons. The third-order valence-corrected chi connectivity index (χ3v) is 6.02. The first kappa shape index (κ1) is 23.3. The van der Waals surface area contributed by atoms with Gasteiger partial charge in [-0.25, -0.2) is 0 Å². The molecule has 1 atom stereocenters. The third-order valence-electron chi connectivity index (χ3n) is 6.02. The molecule has 7 heteroatoms. The van der Waals surface area contributed by atoms with E-state index < -0.39 is 11.9 Å². The minimum Gasteiger partial charge on any atom is -0.459 e. The Morgan fingerprint density at radius 1 is 0.971 bits per heavy atom. The van der Waals surface area contributed by atoms with Crippen LogP contribution in [0, 0.1) is 6.92 Å². The fraction of sp³-hybridized carbons (Fsp3) is 0.296. The van der Waals surface area contributed by atoms with Gasteiger partial charge in [-0.15, -0.1) is 0 Å². The first-order valence-electron chi connectivity index (χ1n) is 11.5. The molecule has 1 aliphatic rings. The molecule has 176 valence electrons. The van der Waals surface area contributed by atoms with Crippen molar-refractivity contribution < 1.29 is 18.8 Å². The van der Waals surface area contributed by atoms with Crippen molar-refractivity contribution in [3.05, 3.63) is 83.8 Å². The number of rotatable bonds is 7. The fourth-order valence-electron chi connectivity index (χ4n) is 4.33. The molecule has 7 nitrogen and oxygen atoms in total. The van der Waals surface area contributed by atoms with Crippen molar-refractivity contribution in [2.75, 3.05) is 10.2 Å². The summed E-state index contributed by atoms with van der Waals surface area (Å²) in [5.74, 6) is -0.715. The van der Waals surface area contributed by atoms with Crippen molar-refractivity contribution in [2.24, 2.45) is 0 Å². The van der Waals surface area contributed by atoms with Gasteiger partial charge in [0.05, 0.1) is 6.26 Å². The summed E-state index contributed by atoms with van der Waals surface area (Å²) in [4.78, 5) is 40.3. The molecule has 1 aliphatic carbocycles. The number of nitrogens with one attached hydrogen (secondary N) is 2. The second kappa shape index (κ2) is 10.4. The Hall–Kier alpha value is -3.87. The largest absolute Gasteiger partial charge is 0.459 e. The lowest BCUT2D eigenvalue weighted by Crippen LogP contribution is -2.46. The van der Waals surface area contributed by atoms with Crippen molar-refractivity contribution in [1.29, 1.82) is 0 Å². The normalized spacial score (nSPS) is 14.4. The first-order chi connectivity index (χ1) is 16.4. The molecule has 0 unspecified atom stereocenters. The fourth-order valence-corrected chi connectivity index (χ4v) is 4.33. The maximum Gasteiger partial charge on any atom is 0.294 e. The number of aryl methyl sites for hydroxylation is 1. The average Bonchev–Trinajstić information content (AvgIpc) is 3.53. The van der Waals surface area contributed by atoms with Crippen LogP contribution in [0.3, 0.4) is 0 Å². The number of carbonyl (C=O) groups is 3. The van der Waals surface area contributed by atoms with E-state index in [0.717, 1.165) is 31.2 Å². The predicted octanol–water partition coefficient (Wildman–Crippen LogP) is 4.99. The van der Waals surface area contributed by atoms with Gasteiger partial charge in [0.25, 0.3) is 5.91 Å². The van der Waals surface area contributed by atoms with E-state index in [1.54, 1.807) is 36.4 Å². The van der Waals surface area contributed by atoms with E-state index in [0.29, 0.717) is 16.9 Å². The monoisotopic (exact) mass is 459 g/mol. The van der Waals surface area contributed by atoms with Crippen LogP contribution >= 0.6 is 0 Å². The summed E-state index contributed by atoms with van der Waals surface area (Å²) in [5.41, 5.74) is 2.88. The summed E-state index contributed by atoms with van der Waals surface area (Å²) in [6.07, 6.45) is 5.47. The number of carbonyl (C=O) groups excluding carboxylic acids is 3. The number of nitrogens with zero attached hydrogens (tertiary/aromatic N) is 1. The van der Waals surface area contributed by atoms with E-state index in [9.17, 15) is 14.4 Å². The molecule has 1 fully saturated rings. The van der Waals surface area contributed by atoms with E-state index in [2.05, 4.69) is 10.6 Å². The molecule has 2 N–H and O–H groups in total. The minimum absolute atomic E-state index is 0.100. The molecule has 3 aromatic rings. The summed E-state index contributed by atoms with van der Waals surface area (Å²) in [6, 6.07) is 16.9. The van der Waals surface area contributed by atoms with Gasteiger partial charge in [-0.05, 0) is 61.7 Å². The number of benzene rings is 2. The van der Waals surface area contributed by atoms with Gasteiger partial charge in [0.1, 0.15) is 6.04 Å². The van der Waals surface area contributed by atoms with Crippen LogP contribution in [-0.4, -0.2) is 23.8 Å². The maximum atomic E-state index is 13.7. The highest BCUT2D eigenvalue weighted by atomic mass is 16.3. The van der Waals surface area contributed by atoms with Crippen LogP contribution in [0.2, 0.25) is 0 Å². The number of anilines is 2. The summed E-state index contributed by atoms with van der Waals surface area (Å²) in [7, 11) is 0. The molecule has 0 saturated heterocycles. The van der Waals surface area contributed by atoms with Crippen molar-refractivity contribution >= 4 is 29.1 Å². The number of amides is 3. The molecular weight excluding hydrogens is 430 g/mol. The summed E-state index contributed by atoms with van der Waals surface area (Å²) < 4.78 is 5.41. The quantitative estimate of drug-likeness (QED) is 0.521. The smallest absolute Gasteiger partial charge is 0.294 e. The topological polar surface area (TPSA) is 91.7 Å². The zero-order valence-electron chi connectivity index (χ0n) is 19.4. The number of hydrogen-bond donors (Lipinski definition) is 2. The molecular formula is C27H29N3O4. The van der Waals surface area contributed by atoms with E-state index in [4.69, 9.17) is 4.42 Å². The zero-order valence-corrected chi connectivity index (χ0v) is 19.4. The molecule has 1 heterocycles. The van der Waals surface area contributed by atoms with Gasteiger partial charge in [0.15, 0.2) is 5.76 Å². The second-order valence-corrected chi connectivity index (χ2v) is 8.68. The lowest BCUT2D eigenvalue weighted by Gasteiger charge is -2.32. The lowest BCUT2D eigenvalue weighted by molar-refractivity contribution is -0.123. The molecule has 3 amide bonds. The van der Waals surface area contributed by atoms with Crippen LogP contribution in [0.1, 0.15) is 60.3 Å². The molecule has 4 rings (SSSR count). The lowest BCUT2D eigenvalue weighted by atomic mass is 10.0. The van der Waals surface area contributed by atoms with Crippen molar-refractivity contribution in [3.8, 4) is 0 Å². The van der Waals surface area contributed by atoms with Crippen molar-refractivity contribution in [3.63, 3.8) is 0 Å². The van der Waals surface area contributed by atoms with Crippen LogP contribution in [0.15, 0.2) is 71.3 Å². The summed E-state index contributed by atoms with van der Waals surface area (Å²) in [5, 5.41) is 5.89. The number of hydrogen-bond acceptors (Lipinski definition) is 4. The van der Waals surface area contributed by atoms with E-state index in [1.165, 1.54) is 18.1 Å². The molecule has 0 bridgehead atoms. The van der Waals surface area contributed by atoms with E-state index >= 15 is 0 Å². The van der Waals surface area contributed by atoms with Gasteiger partial charge in [0.2, 0.25) is 11.8 Å². The standard InChI is InChI=1S/C27H29N3O4/c1-18-9-11-20(12-10-18)25(26(32)29-21-6-3-4-7-21)30(27(33)24-8-5-17-34-24)23-15-13-22(14-16-23)28-19(2)31/h5,8-17,21,25H,3-4,6-7H2,1-2H3,(H,28,31)(H,29,32)/t25-/m1/s1. The molecule has 1 saturated carbocycles. The zero-order chi connectivity index (χ0) is 24.1. The Labute approximate surface area is 199 Å². The van der Waals surface area contributed by atoms with Crippen LogP contribution in [0.5, 0.6) is 0 Å². The van der Waals surface area contributed by atoms with Gasteiger partial charge in [-0.3, -0.25) is 19.3 Å². The van der Waals surface area contributed by atoms with Gasteiger partial charge < -0.3 is 15.1 Å². The summed E-state index contributed by atoms with van der Waals surface area (Å²) >= 11 is 0. The Kier molecular flexibility index (Phi) is 7.11. The summed E-state index contributed by atoms with van der Waals surface area (Å²) in [6.45, 7) is 3.41. The number of furan rings is 1. The van der Waals surface area contributed by atoms with Gasteiger partial charge in [0, 0.05) is 24.3 Å². The van der Waals surface area contributed by atoms with Gasteiger partial charge >= 0.3 is 0 Å². The Morgan fingerprint density at radius 2 is 1.65 bits per heavy atom. The molecule has 1 aromatic heterocycles. The first-order valence-corrected chi connectivity index (χ1v) is 11.5. The van der Waals surface area contributed by atoms with Gasteiger partial charge in [-0.1, -0.05) is 42.7 Å². The highest BCUT2D eigenvalue weighted by Gasteiger charge is 2.35. The van der Waals surface area contributed by atoms with E-state index in [1.807, 2.05) is 31.2 Å². The molecule has 2 aromatic carbocycles. The minimum atomic E-state index is -0.898. The van der Waals surface area contributed by atoms with Crippen LogP contribution < -0.4 is 15.5 Å². The third kappa shape index (κ3) is 5.36. The molecule has 0 spiro atoms. The second-order valence-electron chi connectivity index (χ2n) is 8.68. The molecule has 0 aliphatic heterocycles. The Bertz CT molecular complexity index is 1130. The SMILES string of the molecule is CC(=O)Nc1ccc(N(C(=O)c2ccco2)[C@@H](C(=O)NC2CCCC2)c2ccc(C)cc2)cc1. The highest BCUT2D eigenvalue weighted by Crippen LogP contribution is 2.32. The maximum absolute atomic E-state index is 13.7. The van der Waals surface area contributed by atoms with Crippen molar-refractivity contribution in [2.45, 2.75) is 51.6 Å². The Balaban J connectivity index is 1.77. The van der Waals surface area contributed by atoms with Crippen molar-refractivity contribution in [1.82, 2.24) is 5.32 Å². The van der Waals surface area contributed by atoms with Crippen LogP contribution in [0.25, 0.3) is 0 Å².